The van der Waals surface area contributed by atoms with Gasteiger partial charge in [-0.1, -0.05) is 12.1 Å². The maximum Gasteiger partial charge on any atom is 0.177 e. The van der Waals surface area contributed by atoms with Crippen LogP contribution in [0.25, 0.3) is 10.9 Å². The van der Waals surface area contributed by atoms with Crippen LogP contribution in [0.3, 0.4) is 0 Å². The van der Waals surface area contributed by atoms with E-state index in [1.54, 1.807) is 4.79 Å². The molecule has 1 aliphatic rings. The normalized spacial score (nSPS) is 13.1. The van der Waals surface area contributed by atoms with E-state index in [0.717, 1.165) is 16.7 Å². The lowest BCUT2D eigenvalue weighted by Crippen LogP contribution is -2.16. The molecule has 3 rings (SSSR count). The second-order valence-corrected chi connectivity index (χ2v) is 2.51. The average molecular weight is 146 g/mol. The Kier molecular flexibility index (Phi) is 0.671. The second kappa shape index (κ2) is 1.47. The highest BCUT2D eigenvalue weighted by Gasteiger charge is 2.14. The first kappa shape index (κ1) is 5.01. The summed E-state index contributed by atoms with van der Waals surface area (Å²) in [6.45, 7) is 0. The fourth-order valence-corrected chi connectivity index (χ4v) is 1.35. The predicted molar refractivity (Wildman–Crippen MR) is 42.7 cm³/mol. The zero-order valence-corrected chi connectivity index (χ0v) is 5.70. The largest absolute Gasteiger partial charge is 0.266 e. The van der Waals surface area contributed by atoms with E-state index in [1.807, 2.05) is 24.3 Å². The van der Waals surface area contributed by atoms with Crippen molar-refractivity contribution in [3.63, 3.8) is 0 Å². The Bertz CT molecular complexity index is 379. The highest BCUT2D eigenvalue weighted by atomic mass is 15.8. The van der Waals surface area contributed by atoms with Crippen LogP contribution in [0.2, 0.25) is 0 Å². The van der Waals surface area contributed by atoms with E-state index in [1.165, 1.54) is 0 Å². The summed E-state index contributed by atoms with van der Waals surface area (Å²) in [5.74, 6) is 0.903. The van der Waals surface area contributed by atoms with Gasteiger partial charge in [-0.3, -0.25) is 5.43 Å². The number of benzene rings is 1. The molecule has 0 radical (unpaired) electrons. The SMILES string of the molecule is c1ccc2c(c1)c1nn2NN1. The van der Waals surface area contributed by atoms with Crippen molar-refractivity contribution >= 4 is 16.7 Å². The van der Waals surface area contributed by atoms with E-state index in [4.69, 9.17) is 0 Å². The van der Waals surface area contributed by atoms with E-state index in [-0.39, 0.29) is 0 Å². The van der Waals surface area contributed by atoms with E-state index < -0.39 is 0 Å². The van der Waals surface area contributed by atoms with Crippen molar-refractivity contribution in [1.82, 2.24) is 9.89 Å². The van der Waals surface area contributed by atoms with Crippen LogP contribution in [0.5, 0.6) is 0 Å². The van der Waals surface area contributed by atoms with E-state index in [0.29, 0.717) is 0 Å². The number of anilines is 1. The van der Waals surface area contributed by atoms with Gasteiger partial charge in [-0.05, 0) is 12.1 Å². The maximum absolute atomic E-state index is 4.20. The molecule has 4 heteroatoms. The van der Waals surface area contributed by atoms with Crippen molar-refractivity contribution in [2.75, 3.05) is 11.0 Å². The number of aromatic nitrogens is 2. The van der Waals surface area contributed by atoms with Gasteiger partial charge < -0.3 is 0 Å². The van der Waals surface area contributed by atoms with Gasteiger partial charge in [-0.2, -0.15) is 4.79 Å². The lowest BCUT2D eigenvalue weighted by atomic mass is 10.2. The minimum Gasteiger partial charge on any atom is -0.266 e. The van der Waals surface area contributed by atoms with Crippen LogP contribution in [-0.2, 0) is 0 Å². The van der Waals surface area contributed by atoms with Gasteiger partial charge in [0.1, 0.15) is 0 Å². The molecule has 0 aliphatic carbocycles. The Morgan fingerprint density at radius 1 is 1.27 bits per heavy atom. The predicted octanol–water partition coefficient (Wildman–Crippen LogP) is 0.920. The molecule has 0 fully saturated rings. The van der Waals surface area contributed by atoms with Gasteiger partial charge in [0.25, 0.3) is 0 Å². The van der Waals surface area contributed by atoms with Crippen LogP contribution in [0.1, 0.15) is 0 Å². The molecule has 2 N–H and O–H groups in total. The third-order valence-electron chi connectivity index (χ3n) is 1.87. The lowest BCUT2D eigenvalue weighted by Gasteiger charge is -2.05. The fourth-order valence-electron chi connectivity index (χ4n) is 1.35. The Balaban J connectivity index is 2.58. The second-order valence-electron chi connectivity index (χ2n) is 2.51. The van der Waals surface area contributed by atoms with Crippen molar-refractivity contribution in [2.24, 2.45) is 0 Å². The van der Waals surface area contributed by atoms with Gasteiger partial charge in [-0.15, -0.1) is 5.10 Å². The summed E-state index contributed by atoms with van der Waals surface area (Å²) < 4.78 is 0. The quantitative estimate of drug-likeness (QED) is 0.580. The third-order valence-corrected chi connectivity index (χ3v) is 1.87. The fraction of sp³-hybridized carbons (Fsp3) is 0. The van der Waals surface area contributed by atoms with Gasteiger partial charge >= 0.3 is 0 Å². The molecular weight excluding hydrogens is 140 g/mol. The Morgan fingerprint density at radius 3 is 3.09 bits per heavy atom. The summed E-state index contributed by atoms with van der Waals surface area (Å²) in [4.78, 5) is 1.73. The first-order valence-corrected chi connectivity index (χ1v) is 3.45. The number of nitrogens with zero attached hydrogens (tertiary/aromatic N) is 2. The molecule has 0 spiro atoms. The number of fused-ring (bicyclic) bond motifs is 5. The van der Waals surface area contributed by atoms with Crippen LogP contribution in [0, 0.1) is 0 Å². The van der Waals surface area contributed by atoms with Crippen LogP contribution in [0.15, 0.2) is 24.3 Å². The van der Waals surface area contributed by atoms with Crippen LogP contribution in [-0.4, -0.2) is 9.89 Å². The molecule has 54 valence electrons. The van der Waals surface area contributed by atoms with Crippen LogP contribution in [0.4, 0.5) is 5.82 Å². The summed E-state index contributed by atoms with van der Waals surface area (Å²) in [6.07, 6.45) is 0. The molecule has 0 amide bonds. The average Bonchev–Trinajstić information content (AvgIpc) is 2.64. The molecule has 0 saturated carbocycles. The minimum absolute atomic E-state index is 0.903. The van der Waals surface area contributed by atoms with Crippen molar-refractivity contribution in [2.45, 2.75) is 0 Å². The van der Waals surface area contributed by atoms with E-state index in [2.05, 4.69) is 16.1 Å². The number of nitrogens with one attached hydrogen (secondary N) is 2. The molecule has 0 saturated heterocycles. The summed E-state index contributed by atoms with van der Waals surface area (Å²) in [7, 11) is 0. The van der Waals surface area contributed by atoms with Crippen molar-refractivity contribution in [3.8, 4) is 0 Å². The molecule has 1 aliphatic heterocycles. The van der Waals surface area contributed by atoms with Crippen molar-refractivity contribution in [1.29, 1.82) is 0 Å². The number of para-hydroxylation sites is 1. The molecule has 2 aromatic rings. The van der Waals surface area contributed by atoms with Crippen molar-refractivity contribution < 1.29 is 0 Å². The zero-order valence-electron chi connectivity index (χ0n) is 5.70. The zero-order chi connectivity index (χ0) is 7.26. The summed E-state index contributed by atoms with van der Waals surface area (Å²) in [5, 5.41) is 5.35. The molecule has 0 unspecified atom stereocenters. The highest BCUT2D eigenvalue weighted by Crippen LogP contribution is 2.24. The number of hydrogen-bond donors (Lipinski definition) is 2. The van der Waals surface area contributed by atoms with Crippen LogP contribution >= 0.6 is 0 Å². The van der Waals surface area contributed by atoms with Gasteiger partial charge in [0, 0.05) is 5.39 Å². The topological polar surface area (TPSA) is 41.9 Å². The van der Waals surface area contributed by atoms with Crippen LogP contribution < -0.4 is 11.0 Å². The summed E-state index contributed by atoms with van der Waals surface area (Å²) in [5.41, 5.74) is 6.94. The lowest BCUT2D eigenvalue weighted by molar-refractivity contribution is 0.866. The Morgan fingerprint density at radius 2 is 2.18 bits per heavy atom. The van der Waals surface area contributed by atoms with Gasteiger partial charge in [0.15, 0.2) is 5.82 Å². The molecule has 11 heavy (non-hydrogen) atoms. The standard InChI is InChI=1S/C7H6N4/c1-2-4-6-5(3-1)7-8-10-11(6)9-7/h1-4,10H,(H,8,9). The van der Waals surface area contributed by atoms with E-state index >= 15 is 0 Å². The molecule has 0 atom stereocenters. The Hall–Kier alpha value is -1.71. The van der Waals surface area contributed by atoms with Gasteiger partial charge in [-0.25, -0.2) is 5.53 Å². The van der Waals surface area contributed by atoms with Crippen molar-refractivity contribution in [3.05, 3.63) is 24.3 Å². The number of rotatable bonds is 0. The van der Waals surface area contributed by atoms with Gasteiger partial charge in [0.2, 0.25) is 0 Å². The molecule has 2 bridgehead atoms. The monoisotopic (exact) mass is 146 g/mol. The maximum atomic E-state index is 4.20. The molecular formula is C7H6N4. The van der Waals surface area contributed by atoms with Gasteiger partial charge in [0.05, 0.1) is 5.52 Å². The summed E-state index contributed by atoms with van der Waals surface area (Å²) in [6, 6.07) is 8.07. The Labute approximate surface area is 62.8 Å². The molecule has 4 nitrogen and oxygen atoms in total. The smallest absolute Gasteiger partial charge is 0.177 e. The number of hydrogen-bond acceptors (Lipinski definition) is 3. The number of hydrazine groups is 1. The highest BCUT2D eigenvalue weighted by molar-refractivity contribution is 5.92. The molecule has 1 aromatic heterocycles. The molecule has 1 aromatic carbocycles. The summed E-state index contributed by atoms with van der Waals surface area (Å²) >= 11 is 0. The first-order chi connectivity index (χ1) is 5.45. The minimum atomic E-state index is 0.903. The van der Waals surface area contributed by atoms with E-state index in [9.17, 15) is 0 Å². The third kappa shape index (κ3) is 0.475. The molecule has 2 heterocycles. The first-order valence-electron chi connectivity index (χ1n) is 3.45.